The normalized spacial score (nSPS) is 13.0. The van der Waals surface area contributed by atoms with E-state index >= 15 is 0 Å². The number of nitrogens with zero attached hydrogens (tertiary/aromatic N) is 3. The molecule has 1 aliphatic heterocycles. The number of H-pyrrole nitrogens is 2. The number of hydrogen-bond donors (Lipinski definition) is 2. The van der Waals surface area contributed by atoms with Gasteiger partial charge in [0.05, 0.1) is 11.9 Å². The van der Waals surface area contributed by atoms with Gasteiger partial charge < -0.3 is 9.88 Å². The number of rotatable bonds is 2. The molecule has 1 amide bonds. The summed E-state index contributed by atoms with van der Waals surface area (Å²) in [5.74, 6) is 0.0558. The van der Waals surface area contributed by atoms with E-state index in [0.717, 1.165) is 52.0 Å². The number of nitrogens with one attached hydrogen (secondary N) is 2. The van der Waals surface area contributed by atoms with E-state index in [2.05, 4.69) is 36.1 Å². The lowest BCUT2D eigenvalue weighted by molar-refractivity contribution is 0.0646. The summed E-state index contributed by atoms with van der Waals surface area (Å²) in [5.41, 5.74) is 4.14. The molecular weight excluding hydrogens is 418 g/mol. The van der Waals surface area contributed by atoms with Gasteiger partial charge in [-0.05, 0) is 43.7 Å². The molecule has 28 heavy (non-hydrogen) atoms. The Morgan fingerprint density at radius 1 is 1.14 bits per heavy atom. The fourth-order valence-corrected chi connectivity index (χ4v) is 3.29. The van der Waals surface area contributed by atoms with Crippen LogP contribution in [0.3, 0.4) is 0 Å². The molecule has 3 aromatic heterocycles. The Morgan fingerprint density at radius 2 is 1.93 bits per heavy atom. The number of fused-ring (bicyclic) bond motifs is 1. The predicted octanol–water partition coefficient (Wildman–Crippen LogP) is 4.56. The van der Waals surface area contributed by atoms with Crippen LogP contribution in [0.5, 0.6) is 0 Å². The molecule has 5 rings (SSSR count). The summed E-state index contributed by atoms with van der Waals surface area (Å²) in [7, 11) is 0. The minimum atomic E-state index is 0.0558. The summed E-state index contributed by atoms with van der Waals surface area (Å²) in [6.45, 7) is 3.66. The van der Waals surface area contributed by atoms with Gasteiger partial charge in [0, 0.05) is 34.2 Å². The summed E-state index contributed by atoms with van der Waals surface area (Å²) in [6.07, 6.45) is 2.85. The lowest BCUT2D eigenvalue weighted by Crippen LogP contribution is -2.42. The van der Waals surface area contributed by atoms with Gasteiger partial charge in [-0.25, -0.2) is 4.98 Å². The van der Waals surface area contributed by atoms with Crippen molar-refractivity contribution in [3.8, 4) is 11.3 Å². The first-order valence-corrected chi connectivity index (χ1v) is 9.91. The molecule has 0 radical (unpaired) electrons. The summed E-state index contributed by atoms with van der Waals surface area (Å²) < 4.78 is 1.13. The highest BCUT2D eigenvalue weighted by Gasteiger charge is 2.23. The molecule has 1 saturated heterocycles. The van der Waals surface area contributed by atoms with Crippen LogP contribution < -0.4 is 0 Å². The Hall–Kier alpha value is -2.93. The first kappa shape index (κ1) is 18.4. The van der Waals surface area contributed by atoms with Gasteiger partial charge in [0.25, 0.3) is 5.91 Å². The number of amides is 1. The molecule has 4 heterocycles. The number of carbonyl (C=O) groups is 1. The molecule has 4 aromatic rings. The first-order valence-electron chi connectivity index (χ1n) is 9.12. The van der Waals surface area contributed by atoms with E-state index in [-0.39, 0.29) is 5.91 Å². The zero-order chi connectivity index (χ0) is 19.5. The summed E-state index contributed by atoms with van der Waals surface area (Å²) in [4.78, 5) is 21.8. The molecule has 6 nitrogen and oxygen atoms in total. The Bertz CT molecular complexity index is 1100. The van der Waals surface area contributed by atoms with Crippen molar-refractivity contribution in [1.29, 1.82) is 0 Å². The van der Waals surface area contributed by atoms with Gasteiger partial charge in [-0.1, -0.05) is 34.1 Å². The average molecular weight is 438 g/mol. The van der Waals surface area contributed by atoms with Crippen molar-refractivity contribution < 1.29 is 4.79 Å². The number of aromatic amines is 2. The molecule has 142 valence electrons. The van der Waals surface area contributed by atoms with Crippen molar-refractivity contribution in [2.24, 2.45) is 0 Å². The maximum Gasteiger partial charge on any atom is 0.270 e. The molecule has 0 spiro atoms. The molecule has 7 heteroatoms. The highest BCUT2D eigenvalue weighted by Crippen LogP contribution is 2.23. The minimum absolute atomic E-state index is 0.0558. The van der Waals surface area contributed by atoms with Gasteiger partial charge in [-0.3, -0.25) is 9.89 Å². The quantitative estimate of drug-likeness (QED) is 0.482. The van der Waals surface area contributed by atoms with E-state index in [1.165, 1.54) is 0 Å². The maximum absolute atomic E-state index is 12.2. The number of aryl methyl sites for hydroxylation is 1. The molecule has 0 aliphatic carbocycles. The first-order chi connectivity index (χ1) is 13.6. The van der Waals surface area contributed by atoms with Crippen LogP contribution in [0, 0.1) is 6.92 Å². The summed E-state index contributed by atoms with van der Waals surface area (Å²) >= 11 is 3.31. The molecule has 0 unspecified atom stereocenters. The topological polar surface area (TPSA) is 77.7 Å². The fraction of sp³-hybridized carbons (Fsp3) is 0.190. The van der Waals surface area contributed by atoms with Gasteiger partial charge >= 0.3 is 0 Å². The third kappa shape index (κ3) is 3.84. The van der Waals surface area contributed by atoms with Gasteiger partial charge in [0.15, 0.2) is 0 Å². The number of carbonyl (C=O) groups excluding carboxylic acids is 1. The molecule has 1 aromatic carbocycles. The average Bonchev–Trinajstić information content (AvgIpc) is 3.26. The van der Waals surface area contributed by atoms with Crippen LogP contribution >= 0.6 is 15.9 Å². The van der Waals surface area contributed by atoms with Crippen LogP contribution in [0.2, 0.25) is 0 Å². The van der Waals surface area contributed by atoms with Crippen molar-refractivity contribution in [1.82, 2.24) is 25.1 Å². The molecule has 0 bridgehead atoms. The number of aromatic nitrogens is 4. The van der Waals surface area contributed by atoms with Gasteiger partial charge in [0.2, 0.25) is 0 Å². The zero-order valence-corrected chi connectivity index (χ0v) is 17.0. The number of halogens is 1. The minimum Gasteiger partial charge on any atom is -0.337 e. The number of benzene rings is 1. The van der Waals surface area contributed by atoms with E-state index in [4.69, 9.17) is 0 Å². The summed E-state index contributed by atoms with van der Waals surface area (Å²) in [6, 6.07) is 15.8. The number of pyridine rings is 1. The van der Waals surface area contributed by atoms with Crippen LogP contribution in [0.1, 0.15) is 22.6 Å². The Kier molecular flexibility index (Phi) is 5.25. The van der Waals surface area contributed by atoms with E-state index < -0.39 is 0 Å². The lowest BCUT2D eigenvalue weighted by atomic mass is 10.1. The predicted molar refractivity (Wildman–Crippen MR) is 113 cm³/mol. The number of hydrogen-bond acceptors (Lipinski definition) is 3. The summed E-state index contributed by atoms with van der Waals surface area (Å²) in [5, 5.41) is 7.87. The van der Waals surface area contributed by atoms with Gasteiger partial charge in [-0.15, -0.1) is 0 Å². The molecule has 0 atom stereocenters. The molecule has 1 fully saturated rings. The smallest absolute Gasteiger partial charge is 0.270 e. The molecule has 0 saturated carbocycles. The fourth-order valence-electron chi connectivity index (χ4n) is 2.98. The van der Waals surface area contributed by atoms with Crippen molar-refractivity contribution in [3.63, 3.8) is 0 Å². The third-order valence-corrected chi connectivity index (χ3v) is 5.22. The van der Waals surface area contributed by atoms with Crippen LogP contribution in [0.4, 0.5) is 0 Å². The van der Waals surface area contributed by atoms with Gasteiger partial charge in [-0.2, -0.15) is 5.10 Å². The van der Waals surface area contributed by atoms with Gasteiger partial charge in [0.1, 0.15) is 11.3 Å². The second kappa shape index (κ2) is 7.98. The maximum atomic E-state index is 12.2. The monoisotopic (exact) mass is 437 g/mol. The Labute approximate surface area is 171 Å². The van der Waals surface area contributed by atoms with Crippen LogP contribution in [-0.2, 0) is 0 Å². The SMILES string of the molecule is Brc1ccccc1.Cc1[nH]ncc1-c1ccc2cc(C(=O)N3CCC3)[nH]c2n1. The van der Waals surface area contributed by atoms with Crippen molar-refractivity contribution in [3.05, 3.63) is 70.6 Å². The highest BCUT2D eigenvalue weighted by atomic mass is 79.9. The zero-order valence-electron chi connectivity index (χ0n) is 15.4. The highest BCUT2D eigenvalue weighted by molar-refractivity contribution is 9.10. The van der Waals surface area contributed by atoms with E-state index in [1.807, 2.05) is 60.4 Å². The standard InChI is InChI=1S/C15H15N5O.C6H5Br/c1-9-11(8-16-19-9)12-4-3-10-7-13(18-14(10)17-12)15(21)20-5-2-6-20;7-6-4-2-1-3-5-6/h3-4,7-8H,2,5-6H2,1H3,(H,16,19)(H,17,18);1-5H. The second-order valence-corrected chi connectivity index (χ2v) is 7.58. The van der Waals surface area contributed by atoms with Crippen LogP contribution in [-0.4, -0.2) is 44.1 Å². The molecule has 1 aliphatic rings. The largest absolute Gasteiger partial charge is 0.337 e. The van der Waals surface area contributed by atoms with E-state index in [0.29, 0.717) is 5.69 Å². The van der Waals surface area contributed by atoms with Crippen molar-refractivity contribution in [2.75, 3.05) is 13.1 Å². The second-order valence-electron chi connectivity index (χ2n) is 6.67. The van der Waals surface area contributed by atoms with Crippen LogP contribution in [0.15, 0.2) is 59.2 Å². The van der Waals surface area contributed by atoms with Crippen molar-refractivity contribution in [2.45, 2.75) is 13.3 Å². The van der Waals surface area contributed by atoms with Crippen LogP contribution in [0.25, 0.3) is 22.3 Å². The molecular formula is C21H20BrN5O. The Morgan fingerprint density at radius 3 is 2.50 bits per heavy atom. The van der Waals surface area contributed by atoms with E-state index in [9.17, 15) is 4.79 Å². The third-order valence-electron chi connectivity index (χ3n) is 4.69. The van der Waals surface area contributed by atoms with Crippen molar-refractivity contribution >= 4 is 32.9 Å². The Balaban J connectivity index is 0.000000233. The number of likely N-dealkylation sites (tertiary alicyclic amines) is 1. The molecule has 2 N–H and O–H groups in total. The van der Waals surface area contributed by atoms with E-state index in [1.54, 1.807) is 6.20 Å². The lowest BCUT2D eigenvalue weighted by Gasteiger charge is -2.30.